The number of para-hydroxylation sites is 1. The Morgan fingerprint density at radius 1 is 1.26 bits per heavy atom. The minimum Gasteiger partial charge on any atom is -0.492 e. The molecule has 0 radical (unpaired) electrons. The zero-order valence-electron chi connectivity index (χ0n) is 13.4. The number of fused-ring (bicyclic) bond motifs is 1. The van der Waals surface area contributed by atoms with Crippen molar-refractivity contribution in [1.29, 1.82) is 0 Å². The average Bonchev–Trinajstić information content (AvgIpc) is 2.75. The van der Waals surface area contributed by atoms with Crippen molar-refractivity contribution in [3.63, 3.8) is 0 Å². The Kier molecular flexibility index (Phi) is 5.51. The summed E-state index contributed by atoms with van der Waals surface area (Å²) in [6, 6.07) is 6.75. The molecule has 126 valence electrons. The standard InChI is InChI=1S/C18H25NO4/c20-18(21)17-15-8-4-5-9-16(15)23-13-11-19(17)10-12-22-14-6-2-1-3-7-14/h4-5,8-9,14,17H,1-3,6-7,10-13H2,(H,20,21). The molecule has 1 heterocycles. The molecule has 1 N–H and O–H groups in total. The number of hydrogen-bond acceptors (Lipinski definition) is 4. The predicted molar refractivity (Wildman–Crippen MR) is 86.7 cm³/mol. The van der Waals surface area contributed by atoms with Crippen molar-refractivity contribution in [2.24, 2.45) is 0 Å². The van der Waals surface area contributed by atoms with E-state index in [1.165, 1.54) is 19.3 Å². The van der Waals surface area contributed by atoms with Crippen LogP contribution >= 0.6 is 0 Å². The number of carbonyl (C=O) groups is 1. The lowest BCUT2D eigenvalue weighted by molar-refractivity contribution is -0.144. The lowest BCUT2D eigenvalue weighted by Gasteiger charge is -2.28. The van der Waals surface area contributed by atoms with Gasteiger partial charge in [0.05, 0.1) is 12.7 Å². The molecule has 1 saturated carbocycles. The number of carboxylic acid groups (broad SMARTS) is 1. The van der Waals surface area contributed by atoms with E-state index in [1.54, 1.807) is 0 Å². The zero-order chi connectivity index (χ0) is 16.1. The second-order valence-electron chi connectivity index (χ2n) is 6.29. The second-order valence-corrected chi connectivity index (χ2v) is 6.29. The molecule has 5 nitrogen and oxygen atoms in total. The first kappa shape index (κ1) is 16.3. The third-order valence-electron chi connectivity index (χ3n) is 4.73. The molecule has 0 saturated heterocycles. The fourth-order valence-corrected chi connectivity index (χ4v) is 3.54. The third-order valence-corrected chi connectivity index (χ3v) is 4.73. The highest BCUT2D eigenvalue weighted by Crippen LogP contribution is 2.32. The first-order chi connectivity index (χ1) is 11.3. The van der Waals surface area contributed by atoms with Gasteiger partial charge in [-0.15, -0.1) is 0 Å². The molecule has 0 bridgehead atoms. The van der Waals surface area contributed by atoms with E-state index in [-0.39, 0.29) is 0 Å². The van der Waals surface area contributed by atoms with Gasteiger partial charge in [0.15, 0.2) is 0 Å². The molecule has 1 aromatic rings. The quantitative estimate of drug-likeness (QED) is 0.904. The fraction of sp³-hybridized carbons (Fsp3) is 0.611. The Morgan fingerprint density at radius 2 is 2.04 bits per heavy atom. The molecular weight excluding hydrogens is 294 g/mol. The number of benzene rings is 1. The molecule has 23 heavy (non-hydrogen) atoms. The van der Waals surface area contributed by atoms with Crippen LogP contribution in [0.2, 0.25) is 0 Å². The van der Waals surface area contributed by atoms with E-state index in [9.17, 15) is 9.90 Å². The second kappa shape index (κ2) is 7.79. The minimum absolute atomic E-state index is 0.350. The summed E-state index contributed by atoms with van der Waals surface area (Å²) in [5.74, 6) is -0.156. The summed E-state index contributed by atoms with van der Waals surface area (Å²) >= 11 is 0. The van der Waals surface area contributed by atoms with Gasteiger partial charge in [-0.25, -0.2) is 0 Å². The van der Waals surface area contributed by atoms with Gasteiger partial charge in [-0.1, -0.05) is 37.5 Å². The van der Waals surface area contributed by atoms with Gasteiger partial charge < -0.3 is 14.6 Å². The van der Waals surface area contributed by atoms with E-state index in [0.717, 1.165) is 18.4 Å². The van der Waals surface area contributed by atoms with Crippen molar-refractivity contribution in [3.05, 3.63) is 29.8 Å². The molecule has 1 fully saturated rings. The van der Waals surface area contributed by atoms with Crippen LogP contribution in [0.15, 0.2) is 24.3 Å². The van der Waals surface area contributed by atoms with E-state index < -0.39 is 12.0 Å². The highest BCUT2D eigenvalue weighted by Gasteiger charge is 2.32. The number of nitrogens with zero attached hydrogens (tertiary/aromatic N) is 1. The van der Waals surface area contributed by atoms with Crippen LogP contribution in [0.4, 0.5) is 0 Å². The van der Waals surface area contributed by atoms with Crippen LogP contribution < -0.4 is 4.74 Å². The summed E-state index contributed by atoms with van der Waals surface area (Å²) < 4.78 is 11.7. The van der Waals surface area contributed by atoms with Crippen LogP contribution in [0.5, 0.6) is 5.75 Å². The van der Waals surface area contributed by atoms with Crippen LogP contribution in [-0.4, -0.2) is 48.4 Å². The SMILES string of the molecule is O=C(O)C1c2ccccc2OCCN1CCOC1CCCCC1. The summed E-state index contributed by atoms with van der Waals surface area (Å²) in [4.78, 5) is 13.8. The molecule has 3 rings (SSSR count). The molecule has 0 spiro atoms. The van der Waals surface area contributed by atoms with Crippen molar-refractivity contribution >= 4 is 5.97 Å². The summed E-state index contributed by atoms with van der Waals surface area (Å²) in [7, 11) is 0. The molecule has 2 aliphatic rings. The number of carboxylic acids is 1. The number of ether oxygens (including phenoxy) is 2. The van der Waals surface area contributed by atoms with Gasteiger partial charge in [-0.2, -0.15) is 0 Å². The monoisotopic (exact) mass is 319 g/mol. The van der Waals surface area contributed by atoms with Crippen molar-refractivity contribution in [2.75, 3.05) is 26.3 Å². The lowest BCUT2D eigenvalue weighted by atomic mass is 9.98. The van der Waals surface area contributed by atoms with Crippen LogP contribution in [-0.2, 0) is 9.53 Å². The largest absolute Gasteiger partial charge is 0.492 e. The number of hydrogen-bond donors (Lipinski definition) is 1. The molecule has 0 aromatic heterocycles. The first-order valence-electron chi connectivity index (χ1n) is 8.56. The molecule has 1 atom stereocenters. The lowest BCUT2D eigenvalue weighted by Crippen LogP contribution is -2.38. The zero-order valence-corrected chi connectivity index (χ0v) is 13.4. The Bertz CT molecular complexity index is 528. The van der Waals surface area contributed by atoms with Gasteiger partial charge >= 0.3 is 5.97 Å². The van der Waals surface area contributed by atoms with Crippen LogP contribution in [0, 0.1) is 0 Å². The molecular formula is C18H25NO4. The molecule has 1 aromatic carbocycles. The van der Waals surface area contributed by atoms with Crippen LogP contribution in [0.25, 0.3) is 0 Å². The predicted octanol–water partition coefficient (Wildman–Crippen LogP) is 2.86. The minimum atomic E-state index is -0.833. The molecule has 1 aliphatic carbocycles. The van der Waals surface area contributed by atoms with Gasteiger partial charge in [0.2, 0.25) is 0 Å². The van der Waals surface area contributed by atoms with E-state index in [2.05, 4.69) is 0 Å². The third kappa shape index (κ3) is 4.03. The van der Waals surface area contributed by atoms with Crippen LogP contribution in [0.3, 0.4) is 0 Å². The van der Waals surface area contributed by atoms with E-state index in [0.29, 0.717) is 38.2 Å². The van der Waals surface area contributed by atoms with E-state index in [4.69, 9.17) is 9.47 Å². The molecule has 1 aliphatic heterocycles. The maximum Gasteiger partial charge on any atom is 0.325 e. The van der Waals surface area contributed by atoms with Crippen molar-refractivity contribution in [1.82, 2.24) is 4.90 Å². The fourth-order valence-electron chi connectivity index (χ4n) is 3.54. The molecule has 0 amide bonds. The smallest absolute Gasteiger partial charge is 0.325 e. The number of aliphatic carboxylic acids is 1. The Hall–Kier alpha value is -1.59. The number of rotatable bonds is 5. The topological polar surface area (TPSA) is 59.0 Å². The highest BCUT2D eigenvalue weighted by molar-refractivity contribution is 5.76. The van der Waals surface area contributed by atoms with Crippen molar-refractivity contribution in [2.45, 2.75) is 44.2 Å². The summed E-state index contributed by atoms with van der Waals surface area (Å²) in [5.41, 5.74) is 0.732. The van der Waals surface area contributed by atoms with E-state index in [1.807, 2.05) is 29.2 Å². The van der Waals surface area contributed by atoms with E-state index >= 15 is 0 Å². The summed E-state index contributed by atoms with van der Waals surface area (Å²) in [5, 5.41) is 9.69. The Balaban J connectivity index is 1.64. The molecule has 5 heteroatoms. The average molecular weight is 319 g/mol. The summed E-state index contributed by atoms with van der Waals surface area (Å²) in [6.07, 6.45) is 6.41. The van der Waals surface area contributed by atoms with Crippen molar-refractivity contribution in [3.8, 4) is 5.75 Å². The summed E-state index contributed by atoms with van der Waals surface area (Å²) in [6.45, 7) is 2.30. The van der Waals surface area contributed by atoms with Gasteiger partial charge in [-0.05, 0) is 18.9 Å². The van der Waals surface area contributed by atoms with Gasteiger partial charge in [0, 0.05) is 18.7 Å². The van der Waals surface area contributed by atoms with Gasteiger partial charge in [0.25, 0.3) is 0 Å². The normalized spacial score (nSPS) is 22.9. The molecule has 1 unspecified atom stereocenters. The van der Waals surface area contributed by atoms with Crippen molar-refractivity contribution < 1.29 is 19.4 Å². The highest BCUT2D eigenvalue weighted by atomic mass is 16.5. The Labute approximate surface area is 137 Å². The van der Waals surface area contributed by atoms with Crippen LogP contribution in [0.1, 0.15) is 43.7 Å². The van der Waals surface area contributed by atoms with Gasteiger partial charge in [0.1, 0.15) is 18.4 Å². The van der Waals surface area contributed by atoms with Gasteiger partial charge in [-0.3, -0.25) is 9.69 Å². The maximum atomic E-state index is 11.8. The first-order valence-corrected chi connectivity index (χ1v) is 8.56. The Morgan fingerprint density at radius 3 is 2.83 bits per heavy atom. The maximum absolute atomic E-state index is 11.8.